The summed E-state index contributed by atoms with van der Waals surface area (Å²) in [4.78, 5) is 18.8. The van der Waals surface area contributed by atoms with Gasteiger partial charge in [-0.1, -0.05) is 20.8 Å². The van der Waals surface area contributed by atoms with Crippen molar-refractivity contribution >= 4 is 5.91 Å². The Balaban J connectivity index is 1.69. The summed E-state index contributed by atoms with van der Waals surface area (Å²) in [6, 6.07) is 6.15. The van der Waals surface area contributed by atoms with Crippen molar-refractivity contribution in [3.05, 3.63) is 36.2 Å². The Hall–Kier alpha value is -2.17. The van der Waals surface area contributed by atoms with E-state index in [0.29, 0.717) is 5.92 Å². The minimum atomic E-state index is -0.294. The van der Waals surface area contributed by atoms with Gasteiger partial charge in [0.1, 0.15) is 0 Å². The van der Waals surface area contributed by atoms with E-state index in [0.717, 1.165) is 37.3 Å². The lowest BCUT2D eigenvalue weighted by Gasteiger charge is -2.36. The van der Waals surface area contributed by atoms with E-state index < -0.39 is 0 Å². The molecule has 2 aromatic rings. The van der Waals surface area contributed by atoms with Crippen LogP contribution in [-0.2, 0) is 4.79 Å². The van der Waals surface area contributed by atoms with E-state index in [1.165, 1.54) is 5.56 Å². The molecule has 3 rings (SSSR count). The number of pyridine rings is 1. The summed E-state index contributed by atoms with van der Waals surface area (Å²) in [6.07, 6.45) is 5.61. The molecule has 122 valence electrons. The third-order valence-electron chi connectivity index (χ3n) is 4.46. The molecule has 1 aliphatic rings. The van der Waals surface area contributed by atoms with Crippen molar-refractivity contribution in [1.82, 2.24) is 20.1 Å². The molecule has 0 aliphatic carbocycles. The first-order valence-electron chi connectivity index (χ1n) is 8.20. The fourth-order valence-corrected chi connectivity index (χ4v) is 3.14. The number of aromatic nitrogens is 3. The van der Waals surface area contributed by atoms with Crippen molar-refractivity contribution in [2.24, 2.45) is 5.41 Å². The van der Waals surface area contributed by atoms with Gasteiger partial charge in [0.15, 0.2) is 0 Å². The van der Waals surface area contributed by atoms with Crippen LogP contribution in [-0.4, -0.2) is 39.1 Å². The van der Waals surface area contributed by atoms with Crippen LogP contribution >= 0.6 is 0 Å². The second kappa shape index (κ2) is 6.14. The van der Waals surface area contributed by atoms with Gasteiger partial charge in [-0.25, -0.2) is 0 Å². The first-order valence-corrected chi connectivity index (χ1v) is 8.20. The number of piperidine rings is 1. The van der Waals surface area contributed by atoms with E-state index in [-0.39, 0.29) is 11.3 Å². The average Bonchev–Trinajstić information content (AvgIpc) is 3.08. The number of amides is 1. The number of rotatable bonds is 2. The fourth-order valence-electron chi connectivity index (χ4n) is 3.14. The van der Waals surface area contributed by atoms with E-state index in [1.54, 1.807) is 6.20 Å². The third kappa shape index (κ3) is 3.44. The standard InChI is InChI=1S/C18H24N4O/c1-18(2,3)17(23)22-10-6-13(7-11-22)14-4-8-19-16(12-14)15-5-9-20-21-15/h4-5,8-9,12-13H,6-7,10-11H2,1-3H3,(H,20,21). The topological polar surface area (TPSA) is 61.9 Å². The minimum absolute atomic E-state index is 0.254. The monoisotopic (exact) mass is 312 g/mol. The first-order chi connectivity index (χ1) is 10.9. The zero-order valence-electron chi connectivity index (χ0n) is 14.0. The van der Waals surface area contributed by atoms with Crippen LogP contribution in [0, 0.1) is 5.41 Å². The number of nitrogens with zero attached hydrogens (tertiary/aromatic N) is 3. The van der Waals surface area contributed by atoms with Crippen LogP contribution in [0.25, 0.3) is 11.4 Å². The smallest absolute Gasteiger partial charge is 0.227 e. The van der Waals surface area contributed by atoms with E-state index in [9.17, 15) is 4.79 Å². The molecule has 1 aliphatic heterocycles. The molecule has 1 N–H and O–H groups in total. The Bertz CT molecular complexity index is 665. The van der Waals surface area contributed by atoms with Crippen molar-refractivity contribution in [1.29, 1.82) is 0 Å². The summed E-state index contributed by atoms with van der Waals surface area (Å²) in [6.45, 7) is 7.63. The van der Waals surface area contributed by atoms with Gasteiger partial charge in [-0.3, -0.25) is 14.9 Å². The molecule has 5 nitrogen and oxygen atoms in total. The van der Waals surface area contributed by atoms with Crippen LogP contribution in [0.3, 0.4) is 0 Å². The molecule has 0 aromatic carbocycles. The van der Waals surface area contributed by atoms with Crippen LogP contribution in [0.15, 0.2) is 30.6 Å². The molecule has 0 unspecified atom stereocenters. The van der Waals surface area contributed by atoms with Gasteiger partial charge >= 0.3 is 0 Å². The maximum Gasteiger partial charge on any atom is 0.227 e. The third-order valence-corrected chi connectivity index (χ3v) is 4.46. The highest BCUT2D eigenvalue weighted by Crippen LogP contribution is 2.31. The molecule has 2 aromatic heterocycles. The minimum Gasteiger partial charge on any atom is -0.342 e. The molecule has 1 fully saturated rings. The lowest BCUT2D eigenvalue weighted by atomic mass is 9.87. The summed E-state index contributed by atoms with van der Waals surface area (Å²) in [7, 11) is 0. The van der Waals surface area contributed by atoms with Gasteiger partial charge < -0.3 is 4.90 Å². The van der Waals surface area contributed by atoms with Crippen molar-refractivity contribution in [2.45, 2.75) is 39.5 Å². The Morgan fingerprint density at radius 1 is 1.22 bits per heavy atom. The summed E-state index contributed by atoms with van der Waals surface area (Å²) in [5.74, 6) is 0.743. The molecule has 3 heterocycles. The number of likely N-dealkylation sites (tertiary alicyclic amines) is 1. The predicted octanol–water partition coefficient (Wildman–Crippen LogP) is 3.22. The van der Waals surface area contributed by atoms with Gasteiger partial charge in [-0.2, -0.15) is 5.10 Å². The largest absolute Gasteiger partial charge is 0.342 e. The molecular weight excluding hydrogens is 288 g/mol. The quantitative estimate of drug-likeness (QED) is 0.926. The SMILES string of the molecule is CC(C)(C)C(=O)N1CCC(c2ccnc(-c3ccn[nH]3)c2)CC1. The number of hydrogen-bond donors (Lipinski definition) is 1. The highest BCUT2D eigenvalue weighted by atomic mass is 16.2. The van der Waals surface area contributed by atoms with E-state index in [2.05, 4.69) is 27.3 Å². The number of aromatic amines is 1. The lowest BCUT2D eigenvalue weighted by Crippen LogP contribution is -2.43. The van der Waals surface area contributed by atoms with Gasteiger partial charge in [-0.05, 0) is 42.5 Å². The number of H-pyrrole nitrogens is 1. The summed E-state index contributed by atoms with van der Waals surface area (Å²) in [5.41, 5.74) is 2.87. The number of carbonyl (C=O) groups excluding carboxylic acids is 1. The molecule has 0 atom stereocenters. The second-order valence-electron chi connectivity index (χ2n) is 7.26. The van der Waals surface area contributed by atoms with Gasteiger partial charge in [0, 0.05) is 30.9 Å². The van der Waals surface area contributed by atoms with Crippen LogP contribution < -0.4 is 0 Å². The Morgan fingerprint density at radius 2 is 1.96 bits per heavy atom. The van der Waals surface area contributed by atoms with Gasteiger partial charge in [0.2, 0.25) is 5.91 Å². The van der Waals surface area contributed by atoms with Crippen LogP contribution in [0.4, 0.5) is 0 Å². The molecule has 0 spiro atoms. The molecule has 0 radical (unpaired) electrons. The fraction of sp³-hybridized carbons (Fsp3) is 0.500. The predicted molar refractivity (Wildman–Crippen MR) is 89.8 cm³/mol. The normalized spacial score (nSPS) is 16.6. The highest BCUT2D eigenvalue weighted by molar-refractivity contribution is 5.81. The number of hydrogen-bond acceptors (Lipinski definition) is 3. The van der Waals surface area contributed by atoms with E-state index >= 15 is 0 Å². The van der Waals surface area contributed by atoms with Crippen LogP contribution in [0.5, 0.6) is 0 Å². The molecule has 1 amide bonds. The van der Waals surface area contributed by atoms with E-state index in [1.807, 2.05) is 37.9 Å². The maximum absolute atomic E-state index is 12.4. The summed E-state index contributed by atoms with van der Waals surface area (Å²) < 4.78 is 0. The average molecular weight is 312 g/mol. The summed E-state index contributed by atoms with van der Waals surface area (Å²) in [5, 5.41) is 6.94. The number of nitrogens with one attached hydrogen (secondary N) is 1. The summed E-state index contributed by atoms with van der Waals surface area (Å²) >= 11 is 0. The van der Waals surface area contributed by atoms with E-state index in [4.69, 9.17) is 0 Å². The molecule has 1 saturated heterocycles. The zero-order valence-corrected chi connectivity index (χ0v) is 14.0. The van der Waals surface area contributed by atoms with Crippen LogP contribution in [0.2, 0.25) is 0 Å². The van der Waals surface area contributed by atoms with Gasteiger partial charge in [0.25, 0.3) is 0 Å². The molecule has 0 saturated carbocycles. The van der Waals surface area contributed by atoms with Gasteiger partial charge in [0.05, 0.1) is 11.4 Å². The lowest BCUT2D eigenvalue weighted by molar-refractivity contribution is -0.140. The van der Waals surface area contributed by atoms with Crippen molar-refractivity contribution in [3.63, 3.8) is 0 Å². The Morgan fingerprint density at radius 3 is 2.57 bits per heavy atom. The maximum atomic E-state index is 12.4. The number of carbonyl (C=O) groups is 1. The second-order valence-corrected chi connectivity index (χ2v) is 7.26. The molecule has 23 heavy (non-hydrogen) atoms. The Kier molecular flexibility index (Phi) is 4.20. The first kappa shape index (κ1) is 15.7. The molecular formula is C18H24N4O. The van der Waals surface area contributed by atoms with Crippen LogP contribution in [0.1, 0.15) is 45.1 Å². The zero-order chi connectivity index (χ0) is 16.4. The highest BCUT2D eigenvalue weighted by Gasteiger charge is 2.30. The van der Waals surface area contributed by atoms with Gasteiger partial charge in [-0.15, -0.1) is 0 Å². The van der Waals surface area contributed by atoms with Crippen molar-refractivity contribution < 1.29 is 4.79 Å². The molecule has 5 heteroatoms. The van der Waals surface area contributed by atoms with Crippen molar-refractivity contribution in [3.8, 4) is 11.4 Å². The van der Waals surface area contributed by atoms with Crippen molar-refractivity contribution in [2.75, 3.05) is 13.1 Å². The molecule has 0 bridgehead atoms. The Labute approximate surface area is 137 Å².